The van der Waals surface area contributed by atoms with Crippen molar-refractivity contribution in [1.82, 2.24) is 25.6 Å². The lowest BCUT2D eigenvalue weighted by Gasteiger charge is -2.22. The van der Waals surface area contributed by atoms with Gasteiger partial charge in [-0.15, -0.1) is 5.10 Å². The number of piperidine rings is 1. The van der Waals surface area contributed by atoms with Crippen molar-refractivity contribution in [2.45, 2.75) is 51.5 Å². The second-order valence-electron chi connectivity index (χ2n) is 6.65. The smallest absolute Gasteiger partial charge is 0.273 e. The van der Waals surface area contributed by atoms with Crippen LogP contribution >= 0.6 is 0 Å². The number of rotatable bonds is 6. The average Bonchev–Trinajstić information content (AvgIpc) is 3.05. The molecule has 6 nitrogen and oxygen atoms in total. The summed E-state index contributed by atoms with van der Waals surface area (Å²) in [5.41, 5.74) is 1.90. The Kier molecular flexibility index (Phi) is 5.80. The van der Waals surface area contributed by atoms with Crippen molar-refractivity contribution in [3.8, 4) is 0 Å². The highest BCUT2D eigenvalue weighted by Crippen LogP contribution is 2.19. The highest BCUT2D eigenvalue weighted by Gasteiger charge is 2.16. The molecule has 0 spiro atoms. The maximum absolute atomic E-state index is 12.1. The largest absolute Gasteiger partial charge is 0.350 e. The van der Waals surface area contributed by atoms with Gasteiger partial charge in [0.1, 0.15) is 0 Å². The molecule has 0 saturated carbocycles. The van der Waals surface area contributed by atoms with Crippen LogP contribution in [0, 0.1) is 5.92 Å². The summed E-state index contributed by atoms with van der Waals surface area (Å²) in [5.74, 6) is 0.467. The van der Waals surface area contributed by atoms with Gasteiger partial charge < -0.3 is 10.6 Å². The number of hydrogen-bond acceptors (Lipinski definition) is 4. The molecule has 2 N–H and O–H groups in total. The predicted octanol–water partition coefficient (Wildman–Crippen LogP) is 1.90. The first-order valence-corrected chi connectivity index (χ1v) is 8.88. The number of amides is 1. The molecule has 2 aliphatic rings. The molecule has 126 valence electrons. The van der Waals surface area contributed by atoms with Gasteiger partial charge in [0.05, 0.1) is 6.20 Å². The van der Waals surface area contributed by atoms with E-state index in [1.165, 1.54) is 44.1 Å². The first-order valence-electron chi connectivity index (χ1n) is 8.88. The molecule has 1 atom stereocenters. The minimum absolute atomic E-state index is 0.116. The quantitative estimate of drug-likeness (QED) is 0.786. The lowest BCUT2D eigenvalue weighted by atomic mass is 9.97. The van der Waals surface area contributed by atoms with E-state index in [2.05, 4.69) is 27.0 Å². The van der Waals surface area contributed by atoms with Crippen molar-refractivity contribution in [1.29, 1.82) is 0 Å². The average molecular weight is 317 g/mol. The summed E-state index contributed by atoms with van der Waals surface area (Å²) in [4.78, 5) is 12.1. The fraction of sp³-hybridized carbons (Fsp3) is 0.706. The molecule has 6 heteroatoms. The molecule has 1 aliphatic heterocycles. The van der Waals surface area contributed by atoms with E-state index in [1.807, 2.05) is 0 Å². The Labute approximate surface area is 137 Å². The molecule has 1 aromatic rings. The molecule has 1 aliphatic carbocycles. The van der Waals surface area contributed by atoms with Gasteiger partial charge in [-0.3, -0.25) is 9.48 Å². The number of carbonyl (C=O) groups is 1. The molecule has 1 unspecified atom stereocenters. The number of hydrogen-bond donors (Lipinski definition) is 2. The highest BCUT2D eigenvalue weighted by atomic mass is 16.2. The Morgan fingerprint density at radius 2 is 2.35 bits per heavy atom. The lowest BCUT2D eigenvalue weighted by Crippen LogP contribution is -2.32. The number of allylic oxidation sites excluding steroid dienone is 1. The molecule has 0 aromatic carbocycles. The minimum atomic E-state index is -0.116. The second-order valence-corrected chi connectivity index (χ2v) is 6.65. The zero-order chi connectivity index (χ0) is 15.9. The van der Waals surface area contributed by atoms with Gasteiger partial charge in [0.2, 0.25) is 0 Å². The normalized spacial score (nSPS) is 21.7. The summed E-state index contributed by atoms with van der Waals surface area (Å²) >= 11 is 0. The maximum atomic E-state index is 12.1. The van der Waals surface area contributed by atoms with Crippen LogP contribution in [0.3, 0.4) is 0 Å². The third kappa shape index (κ3) is 4.89. The Morgan fingerprint density at radius 3 is 3.13 bits per heavy atom. The maximum Gasteiger partial charge on any atom is 0.273 e. The lowest BCUT2D eigenvalue weighted by molar-refractivity contribution is 0.0949. The van der Waals surface area contributed by atoms with Crippen LogP contribution in [0.2, 0.25) is 0 Å². The van der Waals surface area contributed by atoms with Crippen LogP contribution in [0.15, 0.2) is 17.8 Å². The van der Waals surface area contributed by atoms with Crippen molar-refractivity contribution in [2.75, 3.05) is 19.6 Å². The molecule has 2 heterocycles. The second kappa shape index (κ2) is 8.24. The van der Waals surface area contributed by atoms with Crippen molar-refractivity contribution in [2.24, 2.45) is 5.92 Å². The Balaban J connectivity index is 1.43. The van der Waals surface area contributed by atoms with Gasteiger partial charge in [0.25, 0.3) is 5.91 Å². The first kappa shape index (κ1) is 16.2. The van der Waals surface area contributed by atoms with Crippen LogP contribution in [-0.2, 0) is 6.54 Å². The molecule has 0 bridgehead atoms. The predicted molar refractivity (Wildman–Crippen MR) is 89.1 cm³/mol. The van der Waals surface area contributed by atoms with Crippen LogP contribution in [0.4, 0.5) is 0 Å². The number of nitrogens with zero attached hydrogens (tertiary/aromatic N) is 3. The van der Waals surface area contributed by atoms with Gasteiger partial charge in [-0.1, -0.05) is 16.9 Å². The zero-order valence-corrected chi connectivity index (χ0v) is 13.8. The summed E-state index contributed by atoms with van der Waals surface area (Å²) in [6.45, 7) is 3.65. The number of nitrogens with one attached hydrogen (secondary N) is 2. The van der Waals surface area contributed by atoms with Gasteiger partial charge in [-0.2, -0.15) is 0 Å². The molecule has 1 saturated heterocycles. The molecule has 3 rings (SSSR count). The molecule has 0 radical (unpaired) electrons. The van der Waals surface area contributed by atoms with Crippen molar-refractivity contribution >= 4 is 5.91 Å². The van der Waals surface area contributed by atoms with E-state index in [4.69, 9.17) is 0 Å². The highest BCUT2D eigenvalue weighted by molar-refractivity contribution is 5.91. The van der Waals surface area contributed by atoms with Crippen molar-refractivity contribution in [3.63, 3.8) is 0 Å². The van der Waals surface area contributed by atoms with E-state index in [0.29, 0.717) is 18.2 Å². The third-order valence-electron chi connectivity index (χ3n) is 4.73. The van der Waals surface area contributed by atoms with E-state index >= 15 is 0 Å². The van der Waals surface area contributed by atoms with E-state index in [9.17, 15) is 4.79 Å². The Hall–Kier alpha value is -1.69. The molecule has 23 heavy (non-hydrogen) atoms. The van der Waals surface area contributed by atoms with Gasteiger partial charge in [-0.05, 0) is 64.0 Å². The van der Waals surface area contributed by atoms with Crippen LogP contribution < -0.4 is 10.6 Å². The summed E-state index contributed by atoms with van der Waals surface area (Å²) in [7, 11) is 0. The van der Waals surface area contributed by atoms with E-state index < -0.39 is 0 Å². The molecular weight excluding hydrogens is 290 g/mol. The van der Waals surface area contributed by atoms with Gasteiger partial charge in [0.15, 0.2) is 5.69 Å². The molecular formula is C17H27N5O. The molecule has 1 aromatic heterocycles. The van der Waals surface area contributed by atoms with Gasteiger partial charge in [0, 0.05) is 13.1 Å². The SMILES string of the molecule is O=C(NCCC1=CCCCC1)c1cn(CC2CCCNC2)nn1. The van der Waals surface area contributed by atoms with Crippen LogP contribution in [0.25, 0.3) is 0 Å². The monoisotopic (exact) mass is 317 g/mol. The number of carbonyl (C=O) groups excluding carboxylic acids is 1. The third-order valence-corrected chi connectivity index (χ3v) is 4.73. The van der Waals surface area contributed by atoms with Gasteiger partial charge in [-0.25, -0.2) is 0 Å². The minimum Gasteiger partial charge on any atom is -0.350 e. The fourth-order valence-electron chi connectivity index (χ4n) is 3.39. The van der Waals surface area contributed by atoms with Crippen LogP contribution in [-0.4, -0.2) is 40.5 Å². The van der Waals surface area contributed by atoms with Crippen molar-refractivity contribution < 1.29 is 4.79 Å². The molecule has 1 fully saturated rings. The number of aromatic nitrogens is 3. The van der Waals surface area contributed by atoms with E-state index in [-0.39, 0.29) is 5.91 Å². The van der Waals surface area contributed by atoms with E-state index in [0.717, 1.165) is 26.1 Å². The topological polar surface area (TPSA) is 71.8 Å². The summed E-state index contributed by atoms with van der Waals surface area (Å²) in [6.07, 6.45) is 12.4. The first-order chi connectivity index (χ1) is 11.3. The Morgan fingerprint density at radius 1 is 1.39 bits per heavy atom. The Bertz CT molecular complexity index is 545. The standard InChI is InChI=1S/C17H27N5O/c23-17(19-10-8-14-5-2-1-3-6-14)16-13-22(21-20-16)12-15-7-4-9-18-11-15/h5,13,15,18H,1-4,6-12H2,(H,19,23). The summed E-state index contributed by atoms with van der Waals surface area (Å²) < 4.78 is 1.80. The molecule has 1 amide bonds. The van der Waals surface area contributed by atoms with Gasteiger partial charge >= 0.3 is 0 Å². The van der Waals surface area contributed by atoms with Crippen LogP contribution in [0.5, 0.6) is 0 Å². The summed E-state index contributed by atoms with van der Waals surface area (Å²) in [6, 6.07) is 0. The van der Waals surface area contributed by atoms with Crippen molar-refractivity contribution in [3.05, 3.63) is 23.5 Å². The van der Waals surface area contributed by atoms with E-state index in [1.54, 1.807) is 10.9 Å². The summed E-state index contributed by atoms with van der Waals surface area (Å²) in [5, 5.41) is 14.5. The zero-order valence-electron chi connectivity index (χ0n) is 13.8. The fourth-order valence-corrected chi connectivity index (χ4v) is 3.39. The van der Waals surface area contributed by atoms with Crippen LogP contribution in [0.1, 0.15) is 55.4 Å².